The van der Waals surface area contributed by atoms with Crippen LogP contribution in [-0.4, -0.2) is 33.1 Å². The first-order chi connectivity index (χ1) is 7.74. The van der Waals surface area contributed by atoms with E-state index in [1.54, 1.807) is 0 Å². The first kappa shape index (κ1) is 11.7. The molecule has 0 unspecified atom stereocenters. The predicted molar refractivity (Wildman–Crippen MR) is 64.1 cm³/mol. The predicted octanol–water partition coefficient (Wildman–Crippen LogP) is 2.07. The molecule has 1 fully saturated rings. The molecule has 2 N–H and O–H groups in total. The fraction of sp³-hybridized carbons (Fsp3) is 0.667. The molecular formula is C9H13N3O2S2. The summed E-state index contributed by atoms with van der Waals surface area (Å²) in [7, 11) is 0. The molecular weight excluding hydrogens is 246 g/mol. The van der Waals surface area contributed by atoms with Gasteiger partial charge in [-0.05, 0) is 12.8 Å². The van der Waals surface area contributed by atoms with Crippen LogP contribution in [0.5, 0.6) is 0 Å². The molecule has 5 nitrogen and oxygen atoms in total. The molecule has 0 amide bonds. The maximum absolute atomic E-state index is 10.4. The monoisotopic (exact) mass is 259 g/mol. The third-order valence-electron chi connectivity index (χ3n) is 2.41. The van der Waals surface area contributed by atoms with Gasteiger partial charge >= 0.3 is 5.97 Å². The fourth-order valence-corrected chi connectivity index (χ4v) is 3.24. The van der Waals surface area contributed by atoms with Crippen LogP contribution in [0.25, 0.3) is 0 Å². The number of thioether (sulfide) groups is 1. The Morgan fingerprint density at radius 1 is 1.50 bits per heavy atom. The quantitative estimate of drug-likeness (QED) is 0.788. The Morgan fingerprint density at radius 3 is 2.94 bits per heavy atom. The lowest BCUT2D eigenvalue weighted by Crippen LogP contribution is -2.13. The standard InChI is InChI=1S/C9H13N3O2S2/c13-7(14)5-15-9-12-11-8(16-9)10-6-3-1-2-4-6/h6H,1-5H2,(H,10,11)(H,13,14). The van der Waals surface area contributed by atoms with E-state index in [-0.39, 0.29) is 5.75 Å². The second-order valence-electron chi connectivity index (χ2n) is 3.68. The zero-order chi connectivity index (χ0) is 11.4. The fourth-order valence-electron chi connectivity index (χ4n) is 1.69. The number of carbonyl (C=O) groups is 1. The normalized spacial score (nSPS) is 16.5. The number of nitrogens with one attached hydrogen (secondary N) is 1. The molecule has 0 aromatic carbocycles. The van der Waals surface area contributed by atoms with Crippen molar-refractivity contribution in [2.75, 3.05) is 11.1 Å². The Bertz CT molecular complexity index is 363. The van der Waals surface area contributed by atoms with E-state index in [1.165, 1.54) is 48.8 Å². The lowest BCUT2D eigenvalue weighted by atomic mass is 10.3. The summed E-state index contributed by atoms with van der Waals surface area (Å²) in [6.45, 7) is 0. The van der Waals surface area contributed by atoms with Crippen molar-refractivity contribution in [2.45, 2.75) is 36.1 Å². The van der Waals surface area contributed by atoms with Gasteiger partial charge in [0.2, 0.25) is 5.13 Å². The van der Waals surface area contributed by atoms with E-state index in [0.29, 0.717) is 10.4 Å². The average Bonchev–Trinajstić information content (AvgIpc) is 2.87. The highest BCUT2D eigenvalue weighted by Gasteiger charge is 2.16. The minimum atomic E-state index is -0.828. The van der Waals surface area contributed by atoms with E-state index >= 15 is 0 Å². The minimum Gasteiger partial charge on any atom is -0.481 e. The van der Waals surface area contributed by atoms with Crippen molar-refractivity contribution in [1.82, 2.24) is 10.2 Å². The molecule has 16 heavy (non-hydrogen) atoms. The van der Waals surface area contributed by atoms with Crippen LogP contribution in [0.15, 0.2) is 4.34 Å². The summed E-state index contributed by atoms with van der Waals surface area (Å²) in [4.78, 5) is 10.4. The summed E-state index contributed by atoms with van der Waals surface area (Å²) in [6.07, 6.45) is 4.93. The Balaban J connectivity index is 1.84. The molecule has 0 aliphatic heterocycles. The first-order valence-electron chi connectivity index (χ1n) is 5.18. The van der Waals surface area contributed by atoms with Crippen molar-refractivity contribution >= 4 is 34.2 Å². The van der Waals surface area contributed by atoms with Gasteiger partial charge in [-0.15, -0.1) is 10.2 Å². The van der Waals surface area contributed by atoms with Gasteiger partial charge in [0, 0.05) is 6.04 Å². The number of carboxylic acid groups (broad SMARTS) is 1. The first-order valence-corrected chi connectivity index (χ1v) is 6.99. The molecule has 0 saturated heterocycles. The van der Waals surface area contributed by atoms with Crippen LogP contribution in [0.1, 0.15) is 25.7 Å². The summed E-state index contributed by atoms with van der Waals surface area (Å²) >= 11 is 2.64. The van der Waals surface area contributed by atoms with E-state index < -0.39 is 5.97 Å². The summed E-state index contributed by atoms with van der Waals surface area (Å²) in [5.41, 5.74) is 0. The highest BCUT2D eigenvalue weighted by atomic mass is 32.2. The van der Waals surface area contributed by atoms with Crippen LogP contribution < -0.4 is 5.32 Å². The van der Waals surface area contributed by atoms with Crippen molar-refractivity contribution in [2.24, 2.45) is 0 Å². The Hall–Kier alpha value is -0.820. The van der Waals surface area contributed by atoms with Crippen molar-refractivity contribution in [3.8, 4) is 0 Å². The number of anilines is 1. The molecule has 1 aliphatic rings. The van der Waals surface area contributed by atoms with Gasteiger partial charge in [-0.2, -0.15) is 0 Å². The molecule has 1 heterocycles. The Kier molecular flexibility index (Phi) is 4.00. The van der Waals surface area contributed by atoms with Gasteiger partial charge in [0.15, 0.2) is 4.34 Å². The third-order valence-corrected chi connectivity index (χ3v) is 4.38. The Morgan fingerprint density at radius 2 is 2.25 bits per heavy atom. The molecule has 0 bridgehead atoms. The zero-order valence-corrected chi connectivity index (χ0v) is 10.3. The number of carboxylic acids is 1. The van der Waals surface area contributed by atoms with E-state index in [9.17, 15) is 4.79 Å². The smallest absolute Gasteiger partial charge is 0.313 e. The number of aromatic nitrogens is 2. The number of aliphatic carboxylic acids is 1. The van der Waals surface area contributed by atoms with Gasteiger partial charge < -0.3 is 10.4 Å². The summed E-state index contributed by atoms with van der Waals surface area (Å²) in [6, 6.07) is 0.519. The number of nitrogens with zero attached hydrogens (tertiary/aromatic N) is 2. The lowest BCUT2D eigenvalue weighted by molar-refractivity contribution is -0.133. The molecule has 2 rings (SSSR count). The van der Waals surface area contributed by atoms with Crippen LogP contribution in [0.4, 0.5) is 5.13 Å². The molecule has 1 aliphatic carbocycles. The Labute approximate surface area is 102 Å². The second kappa shape index (κ2) is 5.49. The van der Waals surface area contributed by atoms with Crippen LogP contribution in [-0.2, 0) is 4.79 Å². The topological polar surface area (TPSA) is 75.1 Å². The molecule has 7 heteroatoms. The van der Waals surface area contributed by atoms with Crippen LogP contribution in [0.3, 0.4) is 0 Å². The van der Waals surface area contributed by atoms with E-state index in [2.05, 4.69) is 15.5 Å². The van der Waals surface area contributed by atoms with Crippen LogP contribution >= 0.6 is 23.1 Å². The molecule has 0 atom stereocenters. The van der Waals surface area contributed by atoms with Crippen molar-refractivity contribution in [3.63, 3.8) is 0 Å². The molecule has 1 aromatic heterocycles. The van der Waals surface area contributed by atoms with Gasteiger partial charge in [0.1, 0.15) is 0 Å². The van der Waals surface area contributed by atoms with Crippen LogP contribution in [0.2, 0.25) is 0 Å². The summed E-state index contributed by atoms with van der Waals surface area (Å²) < 4.78 is 0.711. The van der Waals surface area contributed by atoms with Gasteiger partial charge in [0.25, 0.3) is 0 Å². The lowest BCUT2D eigenvalue weighted by Gasteiger charge is -2.08. The highest BCUT2D eigenvalue weighted by Crippen LogP contribution is 2.28. The van der Waals surface area contributed by atoms with Gasteiger partial charge in [-0.25, -0.2) is 0 Å². The molecule has 0 radical (unpaired) electrons. The average molecular weight is 259 g/mol. The minimum absolute atomic E-state index is 0.0397. The van der Waals surface area contributed by atoms with Gasteiger partial charge in [0.05, 0.1) is 5.75 Å². The van der Waals surface area contributed by atoms with Crippen molar-refractivity contribution in [1.29, 1.82) is 0 Å². The largest absolute Gasteiger partial charge is 0.481 e. The van der Waals surface area contributed by atoms with E-state index in [1.807, 2.05) is 0 Å². The van der Waals surface area contributed by atoms with E-state index in [0.717, 1.165) is 5.13 Å². The summed E-state index contributed by atoms with van der Waals surface area (Å²) in [5, 5.41) is 20.6. The molecule has 88 valence electrons. The maximum atomic E-state index is 10.4. The maximum Gasteiger partial charge on any atom is 0.313 e. The second-order valence-corrected chi connectivity index (χ2v) is 5.88. The van der Waals surface area contributed by atoms with Crippen molar-refractivity contribution in [3.05, 3.63) is 0 Å². The van der Waals surface area contributed by atoms with Crippen molar-refractivity contribution < 1.29 is 9.90 Å². The zero-order valence-electron chi connectivity index (χ0n) is 8.68. The number of hydrogen-bond donors (Lipinski definition) is 2. The van der Waals surface area contributed by atoms with Crippen LogP contribution in [0, 0.1) is 0 Å². The number of hydrogen-bond acceptors (Lipinski definition) is 6. The van der Waals surface area contributed by atoms with E-state index in [4.69, 9.17) is 5.11 Å². The molecule has 1 aromatic rings. The summed E-state index contributed by atoms with van der Waals surface area (Å²) in [5.74, 6) is -0.788. The SMILES string of the molecule is O=C(O)CSc1nnc(NC2CCCC2)s1. The highest BCUT2D eigenvalue weighted by molar-refractivity contribution is 8.01. The third kappa shape index (κ3) is 3.34. The molecule has 1 saturated carbocycles. The molecule has 0 spiro atoms. The van der Waals surface area contributed by atoms with Gasteiger partial charge in [-0.1, -0.05) is 35.9 Å². The van der Waals surface area contributed by atoms with Gasteiger partial charge in [-0.3, -0.25) is 4.79 Å². The number of rotatable bonds is 5.